The maximum atomic E-state index is 13.8. The highest BCUT2D eigenvalue weighted by Crippen LogP contribution is 2.23. The van der Waals surface area contributed by atoms with Gasteiger partial charge < -0.3 is 10.2 Å². The van der Waals surface area contributed by atoms with E-state index in [9.17, 15) is 19.2 Å². The molecule has 0 unspecified atom stereocenters. The summed E-state index contributed by atoms with van der Waals surface area (Å²) in [4.78, 5) is 55.6. The number of amides is 4. The number of aryl methyl sites for hydroxylation is 1. The van der Waals surface area contributed by atoms with Gasteiger partial charge in [-0.1, -0.05) is 72.3 Å². The monoisotopic (exact) mass is 525 g/mol. The molecular weight excluding hydrogens is 490 g/mol. The lowest BCUT2D eigenvalue weighted by molar-refractivity contribution is -0.141. The number of hydrogen-bond donors (Lipinski definition) is 1. The van der Waals surface area contributed by atoms with E-state index in [2.05, 4.69) is 5.32 Å². The zero-order valence-corrected chi connectivity index (χ0v) is 22.7. The van der Waals surface area contributed by atoms with Crippen molar-refractivity contribution >= 4 is 23.6 Å². The third-order valence-corrected chi connectivity index (χ3v) is 6.79. The number of nitrogens with one attached hydrogen (secondary N) is 1. The summed E-state index contributed by atoms with van der Waals surface area (Å²) in [6.07, 6.45) is 0.771. The molecule has 0 aliphatic carbocycles. The van der Waals surface area contributed by atoms with Crippen LogP contribution in [0.15, 0.2) is 78.9 Å². The lowest BCUT2D eigenvalue weighted by atomic mass is 10.0. The van der Waals surface area contributed by atoms with Crippen LogP contribution in [-0.4, -0.2) is 52.1 Å². The molecule has 3 aromatic rings. The molecule has 1 aliphatic rings. The first-order valence-corrected chi connectivity index (χ1v) is 13.4. The molecule has 4 rings (SSSR count). The van der Waals surface area contributed by atoms with Crippen LogP contribution in [0.1, 0.15) is 64.1 Å². The Labute approximate surface area is 229 Å². The summed E-state index contributed by atoms with van der Waals surface area (Å²) in [5.41, 5.74) is 3.73. The first kappa shape index (κ1) is 27.8. The van der Waals surface area contributed by atoms with Crippen LogP contribution in [0.5, 0.6) is 0 Å². The van der Waals surface area contributed by atoms with E-state index >= 15 is 0 Å². The van der Waals surface area contributed by atoms with Gasteiger partial charge in [-0.2, -0.15) is 0 Å². The van der Waals surface area contributed by atoms with Crippen molar-refractivity contribution in [3.63, 3.8) is 0 Å². The molecule has 202 valence electrons. The van der Waals surface area contributed by atoms with Crippen molar-refractivity contribution in [2.24, 2.45) is 0 Å². The summed E-state index contributed by atoms with van der Waals surface area (Å²) in [6, 6.07) is 23.5. The Morgan fingerprint density at radius 3 is 2.08 bits per heavy atom. The van der Waals surface area contributed by atoms with Gasteiger partial charge in [0.05, 0.1) is 11.1 Å². The van der Waals surface area contributed by atoms with Gasteiger partial charge in [0.2, 0.25) is 11.8 Å². The molecule has 1 heterocycles. The second kappa shape index (κ2) is 12.5. The minimum absolute atomic E-state index is 0.0829. The van der Waals surface area contributed by atoms with Crippen LogP contribution in [-0.2, 0) is 22.6 Å². The van der Waals surface area contributed by atoms with Crippen LogP contribution < -0.4 is 5.32 Å². The van der Waals surface area contributed by atoms with Crippen LogP contribution in [0.25, 0.3) is 0 Å². The predicted molar refractivity (Wildman–Crippen MR) is 150 cm³/mol. The van der Waals surface area contributed by atoms with Gasteiger partial charge in [-0.25, -0.2) is 0 Å². The summed E-state index contributed by atoms with van der Waals surface area (Å²) in [5, 5.41) is 2.99. The Morgan fingerprint density at radius 2 is 1.46 bits per heavy atom. The summed E-state index contributed by atoms with van der Waals surface area (Å²) >= 11 is 0. The number of fused-ring (bicyclic) bond motifs is 1. The summed E-state index contributed by atoms with van der Waals surface area (Å²) in [6.45, 7) is 6.19. The lowest BCUT2D eigenvalue weighted by Crippen LogP contribution is -2.51. The van der Waals surface area contributed by atoms with Crippen LogP contribution in [0.4, 0.5) is 0 Å². The van der Waals surface area contributed by atoms with Gasteiger partial charge >= 0.3 is 0 Å². The highest BCUT2D eigenvalue weighted by Gasteiger charge is 2.35. The molecule has 39 heavy (non-hydrogen) atoms. The molecule has 0 radical (unpaired) electrons. The fourth-order valence-corrected chi connectivity index (χ4v) is 4.92. The molecule has 0 saturated carbocycles. The summed E-state index contributed by atoms with van der Waals surface area (Å²) < 4.78 is 0. The number of rotatable bonds is 11. The van der Waals surface area contributed by atoms with E-state index in [1.165, 1.54) is 4.90 Å². The van der Waals surface area contributed by atoms with E-state index < -0.39 is 6.04 Å². The van der Waals surface area contributed by atoms with Gasteiger partial charge in [-0.05, 0) is 50.5 Å². The third-order valence-electron chi connectivity index (χ3n) is 6.79. The predicted octanol–water partition coefficient (Wildman–Crippen LogP) is 4.54. The number of imide groups is 1. The Morgan fingerprint density at radius 1 is 0.846 bits per heavy atom. The van der Waals surface area contributed by atoms with Crippen molar-refractivity contribution < 1.29 is 19.2 Å². The molecule has 4 amide bonds. The van der Waals surface area contributed by atoms with E-state index in [1.54, 1.807) is 29.2 Å². The van der Waals surface area contributed by atoms with E-state index in [1.807, 2.05) is 75.4 Å². The second-order valence-corrected chi connectivity index (χ2v) is 10.3. The van der Waals surface area contributed by atoms with Gasteiger partial charge in [0.1, 0.15) is 6.04 Å². The van der Waals surface area contributed by atoms with Crippen LogP contribution in [0.2, 0.25) is 0 Å². The first-order chi connectivity index (χ1) is 18.7. The maximum Gasteiger partial charge on any atom is 0.261 e. The third kappa shape index (κ3) is 6.79. The van der Waals surface area contributed by atoms with E-state index in [0.717, 1.165) is 16.7 Å². The molecular formula is C32H35N3O4. The Bertz CT molecular complexity index is 1320. The number of carbonyl (C=O) groups excluding carboxylic acids is 4. The van der Waals surface area contributed by atoms with Gasteiger partial charge in [0.25, 0.3) is 11.8 Å². The second-order valence-electron chi connectivity index (χ2n) is 10.3. The highest BCUT2D eigenvalue weighted by atomic mass is 16.2. The average molecular weight is 526 g/mol. The van der Waals surface area contributed by atoms with Gasteiger partial charge in [0, 0.05) is 32.0 Å². The van der Waals surface area contributed by atoms with E-state index in [0.29, 0.717) is 24.0 Å². The fraction of sp³-hybridized carbons (Fsp3) is 0.312. The standard InChI is InChI=1S/C32H35N3O4/c1-22(2)33-30(37)28(20-24-12-5-4-6-13-24)35(21-25-14-9-11-23(3)19-25)29(36)17-10-18-34-31(38)26-15-7-8-16-27(26)32(34)39/h4-9,11-16,19,22,28H,10,17-18,20-21H2,1-3H3,(H,33,37)/t28-/m0/s1. The Kier molecular flexibility index (Phi) is 8.92. The largest absolute Gasteiger partial charge is 0.352 e. The number of nitrogens with zero attached hydrogens (tertiary/aromatic N) is 2. The smallest absolute Gasteiger partial charge is 0.261 e. The van der Waals surface area contributed by atoms with Crippen molar-refractivity contribution in [2.45, 2.75) is 58.7 Å². The molecule has 7 nitrogen and oxygen atoms in total. The van der Waals surface area contributed by atoms with Crippen LogP contribution in [0, 0.1) is 6.92 Å². The minimum atomic E-state index is -0.720. The quantitative estimate of drug-likeness (QED) is 0.373. The minimum Gasteiger partial charge on any atom is -0.352 e. The normalized spacial score (nSPS) is 13.4. The van der Waals surface area contributed by atoms with Crippen LogP contribution in [0.3, 0.4) is 0 Å². The summed E-state index contributed by atoms with van der Waals surface area (Å²) in [7, 11) is 0. The van der Waals surface area contributed by atoms with Crippen molar-refractivity contribution in [1.82, 2.24) is 15.1 Å². The molecule has 1 N–H and O–H groups in total. The first-order valence-electron chi connectivity index (χ1n) is 13.4. The molecule has 1 atom stereocenters. The van der Waals surface area contributed by atoms with Crippen LogP contribution >= 0.6 is 0 Å². The van der Waals surface area contributed by atoms with Gasteiger partial charge in [-0.3, -0.25) is 24.1 Å². The molecule has 1 aliphatic heterocycles. The SMILES string of the molecule is Cc1cccc(CN(C(=O)CCCN2C(=O)c3ccccc3C2=O)[C@@H](Cc2ccccc2)C(=O)NC(C)C)c1. The topological polar surface area (TPSA) is 86.8 Å². The molecule has 0 saturated heterocycles. The van der Waals surface area contributed by atoms with Gasteiger partial charge in [-0.15, -0.1) is 0 Å². The zero-order chi connectivity index (χ0) is 27.9. The summed E-state index contributed by atoms with van der Waals surface area (Å²) in [5.74, 6) is -1.08. The zero-order valence-electron chi connectivity index (χ0n) is 22.7. The van der Waals surface area contributed by atoms with Gasteiger partial charge in [0.15, 0.2) is 0 Å². The molecule has 0 aromatic heterocycles. The average Bonchev–Trinajstić information content (AvgIpc) is 3.15. The lowest BCUT2D eigenvalue weighted by Gasteiger charge is -2.32. The molecule has 0 fully saturated rings. The van der Waals surface area contributed by atoms with Crippen molar-refractivity contribution in [1.29, 1.82) is 0 Å². The number of hydrogen-bond acceptors (Lipinski definition) is 4. The number of carbonyl (C=O) groups is 4. The van der Waals surface area contributed by atoms with Crippen molar-refractivity contribution in [3.05, 3.63) is 107 Å². The molecule has 7 heteroatoms. The maximum absolute atomic E-state index is 13.8. The number of benzene rings is 3. The molecule has 0 spiro atoms. The van der Waals surface area contributed by atoms with Crippen molar-refractivity contribution in [3.8, 4) is 0 Å². The van der Waals surface area contributed by atoms with E-state index in [4.69, 9.17) is 0 Å². The Balaban J connectivity index is 1.54. The Hall–Kier alpha value is -4.26. The van der Waals surface area contributed by atoms with Crippen molar-refractivity contribution in [2.75, 3.05) is 6.54 Å². The highest BCUT2D eigenvalue weighted by molar-refractivity contribution is 6.21. The fourth-order valence-electron chi connectivity index (χ4n) is 4.92. The molecule has 3 aromatic carbocycles. The van der Waals surface area contributed by atoms with E-state index in [-0.39, 0.29) is 49.2 Å². The molecule has 0 bridgehead atoms.